The van der Waals surface area contributed by atoms with Crippen LogP contribution in [0.1, 0.15) is 85.1 Å². The minimum atomic E-state index is -0.237. The van der Waals surface area contributed by atoms with Crippen molar-refractivity contribution in [1.82, 2.24) is 15.5 Å². The van der Waals surface area contributed by atoms with Gasteiger partial charge in [-0.2, -0.15) is 0 Å². The molecule has 5 nitrogen and oxygen atoms in total. The highest BCUT2D eigenvalue weighted by Gasteiger charge is 2.27. The number of rotatable bonds is 8. The zero-order chi connectivity index (χ0) is 30.3. The molecule has 6 heteroatoms. The second kappa shape index (κ2) is 14.6. The molecule has 1 aliphatic carbocycles. The largest absolute Gasteiger partial charge is 0.348 e. The van der Waals surface area contributed by atoms with E-state index in [0.717, 1.165) is 75.0 Å². The first kappa shape index (κ1) is 30.6. The SMILES string of the molecule is O=C(N[C@@H](C=C1CCC(c2ccccc2CN2CCCCCC2=O)CC1)Cc1ccc(Cl)cc1)[C@H]1Cc2ccccc2CN1. The van der Waals surface area contributed by atoms with E-state index in [2.05, 4.69) is 82.3 Å². The van der Waals surface area contributed by atoms with Gasteiger partial charge in [0.25, 0.3) is 0 Å². The Morgan fingerprint density at radius 1 is 0.932 bits per heavy atom. The number of halogens is 1. The van der Waals surface area contributed by atoms with Crippen LogP contribution in [0.15, 0.2) is 84.4 Å². The third-order valence-corrected chi connectivity index (χ3v) is 9.94. The minimum Gasteiger partial charge on any atom is -0.348 e. The number of hydrogen-bond acceptors (Lipinski definition) is 3. The van der Waals surface area contributed by atoms with Crippen LogP contribution in [0.5, 0.6) is 0 Å². The number of nitrogens with one attached hydrogen (secondary N) is 2. The van der Waals surface area contributed by atoms with Gasteiger partial charge in [-0.05, 0) is 97.2 Å². The molecule has 0 aromatic heterocycles. The number of nitrogens with zero attached hydrogens (tertiary/aromatic N) is 1. The van der Waals surface area contributed by atoms with Gasteiger partial charge in [-0.25, -0.2) is 0 Å². The van der Waals surface area contributed by atoms with Crippen LogP contribution in [0.4, 0.5) is 0 Å². The molecule has 2 atom stereocenters. The fourth-order valence-electron chi connectivity index (χ4n) is 7.19. The van der Waals surface area contributed by atoms with Crippen molar-refractivity contribution in [1.29, 1.82) is 0 Å². The van der Waals surface area contributed by atoms with Crippen LogP contribution in [0, 0.1) is 0 Å². The molecule has 3 aliphatic rings. The molecule has 0 bridgehead atoms. The first-order chi connectivity index (χ1) is 21.5. The Balaban J connectivity index is 1.13. The topological polar surface area (TPSA) is 61.4 Å². The molecule has 1 saturated heterocycles. The fraction of sp³-hybridized carbons (Fsp3) is 0.421. The molecule has 0 unspecified atom stereocenters. The van der Waals surface area contributed by atoms with E-state index in [0.29, 0.717) is 31.2 Å². The van der Waals surface area contributed by atoms with Gasteiger partial charge in [-0.15, -0.1) is 0 Å². The average molecular weight is 610 g/mol. The first-order valence-corrected chi connectivity index (χ1v) is 16.8. The average Bonchev–Trinajstić information content (AvgIpc) is 3.26. The molecule has 2 amide bonds. The van der Waals surface area contributed by atoms with Gasteiger partial charge in [0.05, 0.1) is 12.1 Å². The lowest BCUT2D eigenvalue weighted by molar-refractivity contribution is -0.131. The Kier molecular flexibility index (Phi) is 10.1. The lowest BCUT2D eigenvalue weighted by atomic mass is 9.79. The van der Waals surface area contributed by atoms with Crippen molar-refractivity contribution in [3.05, 3.63) is 117 Å². The Labute approximate surface area is 267 Å². The number of hydrogen-bond donors (Lipinski definition) is 2. The number of allylic oxidation sites excluding steroid dienone is 1. The second-order valence-corrected chi connectivity index (χ2v) is 13.2. The Morgan fingerprint density at radius 2 is 1.68 bits per heavy atom. The maximum absolute atomic E-state index is 13.5. The molecule has 3 aromatic rings. The van der Waals surface area contributed by atoms with Gasteiger partial charge in [-0.3, -0.25) is 9.59 Å². The zero-order valence-corrected chi connectivity index (χ0v) is 26.3. The Morgan fingerprint density at radius 3 is 2.50 bits per heavy atom. The van der Waals surface area contributed by atoms with Crippen molar-refractivity contribution < 1.29 is 9.59 Å². The minimum absolute atomic E-state index is 0.0565. The van der Waals surface area contributed by atoms with Gasteiger partial charge < -0.3 is 15.5 Å². The van der Waals surface area contributed by atoms with Crippen LogP contribution in [-0.2, 0) is 35.5 Å². The molecule has 1 saturated carbocycles. The van der Waals surface area contributed by atoms with E-state index in [1.807, 2.05) is 12.1 Å². The number of carbonyl (C=O) groups is 2. The monoisotopic (exact) mass is 609 g/mol. The van der Waals surface area contributed by atoms with Gasteiger partial charge in [-0.1, -0.05) is 90.3 Å². The van der Waals surface area contributed by atoms with Crippen molar-refractivity contribution >= 4 is 23.4 Å². The molecule has 0 radical (unpaired) electrons. The van der Waals surface area contributed by atoms with Crippen LogP contribution in [0.3, 0.4) is 0 Å². The van der Waals surface area contributed by atoms with Crippen LogP contribution in [0.2, 0.25) is 5.02 Å². The number of likely N-dealkylation sites (tertiary alicyclic amines) is 1. The summed E-state index contributed by atoms with van der Waals surface area (Å²) in [6.45, 7) is 2.31. The van der Waals surface area contributed by atoms with Crippen LogP contribution < -0.4 is 10.6 Å². The third kappa shape index (κ3) is 7.80. The van der Waals surface area contributed by atoms with Crippen LogP contribution >= 0.6 is 11.6 Å². The molecule has 6 rings (SSSR count). The normalized spacial score (nSPS) is 21.2. The summed E-state index contributed by atoms with van der Waals surface area (Å²) in [5.41, 5.74) is 7.80. The summed E-state index contributed by atoms with van der Waals surface area (Å²) in [6.07, 6.45) is 11.9. The first-order valence-electron chi connectivity index (χ1n) is 16.4. The molecule has 2 fully saturated rings. The van der Waals surface area contributed by atoms with E-state index in [4.69, 9.17) is 11.6 Å². The quantitative estimate of drug-likeness (QED) is 0.264. The highest BCUT2D eigenvalue weighted by Crippen LogP contribution is 2.37. The summed E-state index contributed by atoms with van der Waals surface area (Å²) in [7, 11) is 0. The molecule has 3 aromatic carbocycles. The van der Waals surface area contributed by atoms with Crippen molar-refractivity contribution in [2.24, 2.45) is 0 Å². The van der Waals surface area contributed by atoms with Crippen LogP contribution in [0.25, 0.3) is 0 Å². The van der Waals surface area contributed by atoms with Crippen molar-refractivity contribution in [2.45, 2.75) is 95.3 Å². The zero-order valence-electron chi connectivity index (χ0n) is 25.6. The predicted molar refractivity (Wildman–Crippen MR) is 177 cm³/mol. The van der Waals surface area contributed by atoms with Crippen LogP contribution in [-0.4, -0.2) is 35.3 Å². The van der Waals surface area contributed by atoms with E-state index in [9.17, 15) is 9.59 Å². The smallest absolute Gasteiger partial charge is 0.237 e. The fourth-order valence-corrected chi connectivity index (χ4v) is 7.31. The lowest BCUT2D eigenvalue weighted by Crippen LogP contribution is -2.50. The number of benzene rings is 3. The van der Waals surface area contributed by atoms with Gasteiger partial charge in [0, 0.05) is 31.1 Å². The number of fused-ring (bicyclic) bond motifs is 1. The van der Waals surface area contributed by atoms with Gasteiger partial charge in [0.1, 0.15) is 0 Å². The molecule has 0 spiro atoms. The molecule has 44 heavy (non-hydrogen) atoms. The van der Waals surface area contributed by atoms with E-state index < -0.39 is 0 Å². The Bertz CT molecular complexity index is 1470. The number of amides is 2. The summed E-state index contributed by atoms with van der Waals surface area (Å²) in [4.78, 5) is 28.3. The van der Waals surface area contributed by atoms with Gasteiger partial charge in [0.15, 0.2) is 0 Å². The summed E-state index contributed by atoms with van der Waals surface area (Å²) in [5, 5.41) is 7.55. The standard InChI is InChI=1S/C38H44ClN3O2/c39-33-19-15-28(16-20-33)23-34(41-38(44)36-24-30-8-3-4-9-31(30)25-40-36)22-27-13-17-29(18-14-27)35-11-6-5-10-32(35)26-42-21-7-1-2-12-37(42)43/h3-6,8-11,15-16,19-20,22,29,34,36,40H,1-2,7,12-14,17-18,21,23-26H2,(H,41,44)/t29?,34-,36+/m0/s1. The van der Waals surface area contributed by atoms with E-state index >= 15 is 0 Å². The number of carbonyl (C=O) groups excluding carboxylic acids is 2. The Hall–Kier alpha value is -3.41. The van der Waals surface area contributed by atoms with E-state index in [1.54, 1.807) is 0 Å². The van der Waals surface area contributed by atoms with Crippen molar-refractivity contribution in [2.75, 3.05) is 6.54 Å². The molecule has 2 heterocycles. The van der Waals surface area contributed by atoms with Crippen molar-refractivity contribution in [3.8, 4) is 0 Å². The summed E-state index contributed by atoms with van der Waals surface area (Å²) in [5.74, 6) is 0.842. The van der Waals surface area contributed by atoms with Crippen molar-refractivity contribution in [3.63, 3.8) is 0 Å². The van der Waals surface area contributed by atoms with Gasteiger partial charge in [0.2, 0.25) is 11.8 Å². The molecule has 2 N–H and O–H groups in total. The lowest BCUT2D eigenvalue weighted by Gasteiger charge is -2.30. The van der Waals surface area contributed by atoms with Gasteiger partial charge >= 0.3 is 0 Å². The molecular weight excluding hydrogens is 566 g/mol. The highest BCUT2D eigenvalue weighted by atomic mass is 35.5. The molecule has 230 valence electrons. The van der Waals surface area contributed by atoms with E-state index in [-0.39, 0.29) is 18.0 Å². The molecule has 2 aliphatic heterocycles. The van der Waals surface area contributed by atoms with E-state index in [1.165, 1.54) is 27.8 Å². The summed E-state index contributed by atoms with van der Waals surface area (Å²) >= 11 is 6.17. The summed E-state index contributed by atoms with van der Waals surface area (Å²) < 4.78 is 0. The maximum Gasteiger partial charge on any atom is 0.237 e. The second-order valence-electron chi connectivity index (χ2n) is 12.8. The highest BCUT2D eigenvalue weighted by molar-refractivity contribution is 6.30. The molecular formula is C38H44ClN3O2. The maximum atomic E-state index is 13.5. The predicted octanol–water partition coefficient (Wildman–Crippen LogP) is 7.27. The third-order valence-electron chi connectivity index (χ3n) is 9.69. The summed E-state index contributed by atoms with van der Waals surface area (Å²) in [6, 6.07) is 24.7.